The molecule has 0 saturated carbocycles. The molecule has 0 aromatic heterocycles. The van der Waals surface area contributed by atoms with Crippen molar-refractivity contribution in [1.29, 1.82) is 0 Å². The fourth-order valence-electron chi connectivity index (χ4n) is 0.516. The van der Waals surface area contributed by atoms with E-state index in [0.717, 1.165) is 0 Å². The average molecular weight is 272 g/mol. The molecule has 0 unspecified atom stereocenters. The Labute approximate surface area is 76.0 Å². The number of phenols is 1. The van der Waals surface area contributed by atoms with Crippen LogP contribution in [0, 0.1) is 9.39 Å². The van der Waals surface area contributed by atoms with E-state index >= 15 is 0 Å². The number of benzene rings is 1. The van der Waals surface area contributed by atoms with Gasteiger partial charge in [0.05, 0.1) is 8.59 Å². The zero-order valence-electron chi connectivity index (χ0n) is 4.74. The van der Waals surface area contributed by atoms with Crippen LogP contribution < -0.4 is 0 Å². The fourth-order valence-corrected chi connectivity index (χ4v) is 1.30. The summed E-state index contributed by atoms with van der Waals surface area (Å²) in [4.78, 5) is 0. The minimum Gasteiger partial charge on any atom is -0.507 e. The summed E-state index contributed by atoms with van der Waals surface area (Å²) in [6.07, 6.45) is 0. The van der Waals surface area contributed by atoms with E-state index < -0.39 is 5.82 Å². The summed E-state index contributed by atoms with van der Waals surface area (Å²) in [7, 11) is 0. The number of aromatic hydroxyl groups is 1. The van der Waals surface area contributed by atoms with Crippen LogP contribution in [-0.2, 0) is 0 Å². The van der Waals surface area contributed by atoms with E-state index in [1.807, 2.05) is 0 Å². The highest BCUT2D eigenvalue weighted by Gasteiger charge is 2.07. The summed E-state index contributed by atoms with van der Waals surface area (Å²) in [6.45, 7) is 0. The summed E-state index contributed by atoms with van der Waals surface area (Å²) in [5.41, 5.74) is 0. The number of hydrogen-bond donors (Lipinski definition) is 1. The van der Waals surface area contributed by atoms with Crippen LogP contribution in [0.15, 0.2) is 12.1 Å². The van der Waals surface area contributed by atoms with E-state index in [4.69, 9.17) is 16.7 Å². The first kappa shape index (κ1) is 8.07. The first-order chi connectivity index (χ1) is 4.63. The molecular formula is C6H3ClFIO. The molecule has 0 heterocycles. The first-order valence-electron chi connectivity index (χ1n) is 2.45. The van der Waals surface area contributed by atoms with Gasteiger partial charge in [0.2, 0.25) is 0 Å². The average Bonchev–Trinajstić information content (AvgIpc) is 1.93. The highest BCUT2D eigenvalue weighted by Crippen LogP contribution is 2.27. The molecule has 0 radical (unpaired) electrons. The largest absolute Gasteiger partial charge is 0.507 e. The highest BCUT2D eigenvalue weighted by atomic mass is 127. The maximum absolute atomic E-state index is 12.7. The number of phenolic OH excluding ortho intramolecular Hbond substituents is 1. The lowest BCUT2D eigenvalue weighted by Gasteiger charge is -1.98. The third kappa shape index (κ3) is 1.34. The first-order valence-corrected chi connectivity index (χ1v) is 3.91. The molecule has 1 aromatic rings. The molecule has 0 atom stereocenters. The summed E-state index contributed by atoms with van der Waals surface area (Å²) in [5.74, 6) is -0.648. The van der Waals surface area contributed by atoms with Crippen molar-refractivity contribution in [3.05, 3.63) is 26.5 Å². The molecule has 0 amide bonds. The van der Waals surface area contributed by atoms with Crippen LogP contribution in [0.5, 0.6) is 5.75 Å². The third-order valence-corrected chi connectivity index (χ3v) is 2.33. The monoisotopic (exact) mass is 272 g/mol. The Hall–Kier alpha value is -0.0300. The van der Waals surface area contributed by atoms with Crippen LogP contribution in [0.4, 0.5) is 4.39 Å². The zero-order chi connectivity index (χ0) is 7.72. The van der Waals surface area contributed by atoms with E-state index in [-0.39, 0.29) is 14.3 Å². The standard InChI is InChI=1S/C6H3ClFIO/c7-3-1-2-4(10)6(9)5(3)8/h1-2,10H. The lowest BCUT2D eigenvalue weighted by Crippen LogP contribution is -1.82. The number of halogens is 3. The van der Waals surface area contributed by atoms with Crippen molar-refractivity contribution in [2.24, 2.45) is 0 Å². The molecule has 0 saturated heterocycles. The Balaban J connectivity index is 3.34. The van der Waals surface area contributed by atoms with Gasteiger partial charge in [-0.2, -0.15) is 0 Å². The topological polar surface area (TPSA) is 20.2 Å². The van der Waals surface area contributed by atoms with Crippen LogP contribution >= 0.6 is 34.2 Å². The summed E-state index contributed by atoms with van der Waals surface area (Å²) in [6, 6.07) is 2.67. The molecule has 10 heavy (non-hydrogen) atoms. The quantitative estimate of drug-likeness (QED) is 0.569. The van der Waals surface area contributed by atoms with Gasteiger partial charge in [-0.25, -0.2) is 4.39 Å². The van der Waals surface area contributed by atoms with Gasteiger partial charge in [-0.3, -0.25) is 0 Å². The molecule has 0 aliphatic rings. The summed E-state index contributed by atoms with van der Waals surface area (Å²) < 4.78 is 12.8. The van der Waals surface area contributed by atoms with Gasteiger partial charge >= 0.3 is 0 Å². The van der Waals surface area contributed by atoms with Crippen LogP contribution in [0.3, 0.4) is 0 Å². The van der Waals surface area contributed by atoms with Crippen molar-refractivity contribution >= 4 is 34.2 Å². The highest BCUT2D eigenvalue weighted by molar-refractivity contribution is 14.1. The van der Waals surface area contributed by atoms with E-state index in [2.05, 4.69) is 0 Å². The van der Waals surface area contributed by atoms with Gasteiger partial charge in [-0.1, -0.05) is 11.6 Å². The third-order valence-electron chi connectivity index (χ3n) is 1.01. The van der Waals surface area contributed by atoms with E-state index in [0.29, 0.717) is 0 Å². The molecule has 1 N–H and O–H groups in total. The second-order valence-electron chi connectivity index (χ2n) is 1.69. The Morgan fingerprint density at radius 3 is 2.60 bits per heavy atom. The Bertz CT molecular complexity index is 237. The van der Waals surface area contributed by atoms with Crippen LogP contribution in [0.2, 0.25) is 5.02 Å². The second kappa shape index (κ2) is 2.92. The van der Waals surface area contributed by atoms with E-state index in [1.54, 1.807) is 22.6 Å². The van der Waals surface area contributed by atoms with Gasteiger partial charge in [0.1, 0.15) is 5.75 Å². The van der Waals surface area contributed by atoms with Gasteiger partial charge in [0, 0.05) is 0 Å². The maximum atomic E-state index is 12.7. The fraction of sp³-hybridized carbons (Fsp3) is 0. The van der Waals surface area contributed by atoms with E-state index in [9.17, 15) is 4.39 Å². The minimum atomic E-state index is -0.567. The molecule has 0 fully saturated rings. The predicted octanol–water partition coefficient (Wildman–Crippen LogP) is 2.79. The summed E-state index contributed by atoms with van der Waals surface area (Å²) >= 11 is 7.08. The molecular weight excluding hydrogens is 269 g/mol. The van der Waals surface area contributed by atoms with Crippen LogP contribution in [-0.4, -0.2) is 5.11 Å². The molecule has 0 bridgehead atoms. The van der Waals surface area contributed by atoms with Gasteiger partial charge in [-0.05, 0) is 34.7 Å². The molecule has 4 heteroatoms. The van der Waals surface area contributed by atoms with Crippen molar-refractivity contribution in [2.75, 3.05) is 0 Å². The van der Waals surface area contributed by atoms with Gasteiger partial charge in [-0.15, -0.1) is 0 Å². The van der Waals surface area contributed by atoms with Crippen molar-refractivity contribution in [3.63, 3.8) is 0 Å². The molecule has 54 valence electrons. The Morgan fingerprint density at radius 1 is 1.50 bits per heavy atom. The molecule has 0 spiro atoms. The predicted molar refractivity (Wildman–Crippen MR) is 45.8 cm³/mol. The van der Waals surface area contributed by atoms with Crippen LogP contribution in [0.1, 0.15) is 0 Å². The smallest absolute Gasteiger partial charge is 0.158 e. The molecule has 0 aliphatic heterocycles. The van der Waals surface area contributed by atoms with Gasteiger partial charge in [0.15, 0.2) is 5.82 Å². The van der Waals surface area contributed by atoms with Gasteiger partial charge < -0.3 is 5.11 Å². The summed E-state index contributed by atoms with van der Waals surface area (Å²) in [5, 5.41) is 8.95. The van der Waals surface area contributed by atoms with Crippen molar-refractivity contribution in [2.45, 2.75) is 0 Å². The molecule has 1 rings (SSSR count). The van der Waals surface area contributed by atoms with Crippen molar-refractivity contribution < 1.29 is 9.50 Å². The van der Waals surface area contributed by atoms with Gasteiger partial charge in [0.25, 0.3) is 0 Å². The zero-order valence-corrected chi connectivity index (χ0v) is 7.65. The lowest BCUT2D eigenvalue weighted by molar-refractivity contribution is 0.463. The Kier molecular flexibility index (Phi) is 2.36. The van der Waals surface area contributed by atoms with Crippen molar-refractivity contribution in [3.8, 4) is 5.75 Å². The maximum Gasteiger partial charge on any atom is 0.158 e. The lowest BCUT2D eigenvalue weighted by atomic mass is 10.3. The molecule has 1 nitrogen and oxygen atoms in total. The van der Waals surface area contributed by atoms with E-state index in [1.165, 1.54) is 12.1 Å². The minimum absolute atomic E-state index is 0.0298. The molecule has 0 aliphatic carbocycles. The molecule has 1 aromatic carbocycles. The second-order valence-corrected chi connectivity index (χ2v) is 3.18. The SMILES string of the molecule is Oc1ccc(Cl)c(F)c1I. The number of rotatable bonds is 0. The Morgan fingerprint density at radius 2 is 2.10 bits per heavy atom. The normalized spacial score (nSPS) is 9.90. The van der Waals surface area contributed by atoms with Crippen LogP contribution in [0.25, 0.3) is 0 Å². The number of hydrogen-bond acceptors (Lipinski definition) is 1. The van der Waals surface area contributed by atoms with Crippen molar-refractivity contribution in [1.82, 2.24) is 0 Å².